The summed E-state index contributed by atoms with van der Waals surface area (Å²) in [6.07, 6.45) is 1.61. The molecule has 0 spiro atoms. The third-order valence-electron chi connectivity index (χ3n) is 13.5. The lowest BCUT2D eigenvalue weighted by Crippen LogP contribution is -2.25. The minimum Gasteiger partial charge on any atom is -0.457 e. The normalized spacial score (nSPS) is 15.6. The SMILES string of the molecule is [2H]c1c([2H])c([2H])c(-c2cccc(-c3cccc(C(C)(C)C)c3)c2N2CN(c3cccc(Oc4cc5c(c([2H])c4[2H])c4c([2H])c(-c6c([2H])c([2H])c([2H])c([2H])c6[2H])c([2H])c([2H])c4n5-c4cc(C(C)(C)c5ccccc5)ccn4)c3)c3ccccc32)c([2H])c1[2H]. The first-order valence-corrected chi connectivity index (χ1v) is 23.7. The number of ether oxygens (including phenoxy) is 1. The second kappa shape index (κ2) is 17.9. The molecule has 0 atom stereocenters. The molecule has 1 aliphatic rings. The molecule has 12 rings (SSSR count). The molecule has 5 nitrogen and oxygen atoms in total. The first kappa shape index (κ1) is 30.8. The summed E-state index contributed by atoms with van der Waals surface area (Å²) >= 11 is 0. The van der Waals surface area contributed by atoms with E-state index in [1.807, 2.05) is 97.1 Å². The largest absolute Gasteiger partial charge is 0.457 e. The van der Waals surface area contributed by atoms with Crippen LogP contribution in [-0.2, 0) is 10.8 Å². The Bertz CT molecular complexity index is 4640. The van der Waals surface area contributed by atoms with Crippen LogP contribution in [0.3, 0.4) is 0 Å². The second-order valence-electron chi connectivity index (χ2n) is 19.3. The van der Waals surface area contributed by atoms with Crippen molar-refractivity contribution in [1.29, 1.82) is 0 Å². The Morgan fingerprint density at radius 2 is 1.17 bits per heavy atom. The first-order valence-electron chi connectivity index (χ1n) is 31.2. The van der Waals surface area contributed by atoms with Gasteiger partial charge in [-0.3, -0.25) is 4.57 Å². The highest BCUT2D eigenvalue weighted by Gasteiger charge is 2.32. The van der Waals surface area contributed by atoms with Gasteiger partial charge in [0.1, 0.15) is 24.0 Å². The van der Waals surface area contributed by atoms with Crippen LogP contribution in [0.15, 0.2) is 236 Å². The van der Waals surface area contributed by atoms with Crippen molar-refractivity contribution in [3.05, 3.63) is 253 Å². The van der Waals surface area contributed by atoms with E-state index in [9.17, 15) is 9.60 Å². The molecule has 0 unspecified atom stereocenters. The zero-order chi connectivity index (χ0) is 62.0. The minimum atomic E-state index is -0.683. The highest BCUT2D eigenvalue weighted by atomic mass is 16.5. The Labute approximate surface area is 444 Å². The summed E-state index contributed by atoms with van der Waals surface area (Å²) in [4.78, 5) is 8.94. The van der Waals surface area contributed by atoms with E-state index in [1.54, 1.807) is 35.0 Å². The van der Waals surface area contributed by atoms with Crippen molar-refractivity contribution in [2.45, 2.75) is 45.4 Å². The number of fused-ring (bicyclic) bond motifs is 4. The summed E-state index contributed by atoms with van der Waals surface area (Å²) in [7, 11) is 0. The van der Waals surface area contributed by atoms with Crippen molar-refractivity contribution in [3.63, 3.8) is 0 Å². The Morgan fingerprint density at radius 3 is 1.93 bits per heavy atom. The van der Waals surface area contributed by atoms with Gasteiger partial charge in [-0.2, -0.15) is 0 Å². The minimum absolute atomic E-state index is 0.0138. The number of anilines is 4. The van der Waals surface area contributed by atoms with Crippen LogP contribution in [-0.4, -0.2) is 16.2 Å². The number of benzene rings is 9. The van der Waals surface area contributed by atoms with Crippen LogP contribution in [0.4, 0.5) is 22.7 Å². The number of hydrogen-bond acceptors (Lipinski definition) is 4. The zero-order valence-corrected chi connectivity index (χ0v) is 40.3. The van der Waals surface area contributed by atoms with Gasteiger partial charge in [0.25, 0.3) is 0 Å². The third-order valence-corrected chi connectivity index (χ3v) is 13.5. The monoisotopic (exact) mass is 948 g/mol. The molecule has 3 heterocycles. The fraction of sp³-hybridized carbons (Fsp3) is 0.119. The number of rotatable bonds is 10. The van der Waals surface area contributed by atoms with Crippen LogP contribution in [0, 0.1) is 0 Å². The van der Waals surface area contributed by atoms with Crippen molar-refractivity contribution >= 4 is 44.6 Å². The molecule has 0 fully saturated rings. The van der Waals surface area contributed by atoms with Gasteiger partial charge in [-0.1, -0.05) is 192 Å². The highest BCUT2D eigenvalue weighted by molar-refractivity contribution is 6.11. The lowest BCUT2D eigenvalue weighted by Gasteiger charge is -2.28. The Morgan fingerprint density at radius 1 is 0.486 bits per heavy atom. The molecule has 0 aliphatic carbocycles. The summed E-state index contributed by atoms with van der Waals surface area (Å²) in [6, 6.07) is 36.0. The van der Waals surface area contributed by atoms with E-state index in [2.05, 4.69) is 56.6 Å². The molecule has 9 aromatic carbocycles. The van der Waals surface area contributed by atoms with Gasteiger partial charge in [0.15, 0.2) is 0 Å². The van der Waals surface area contributed by atoms with Crippen LogP contribution >= 0.6 is 0 Å². The Balaban J connectivity index is 1.02. The van der Waals surface area contributed by atoms with E-state index >= 15 is 0 Å². The molecule has 2 aromatic heterocycles. The van der Waals surface area contributed by atoms with Crippen LogP contribution in [0.1, 0.15) is 71.9 Å². The first-order chi connectivity index (χ1) is 41.3. The fourth-order valence-electron chi connectivity index (χ4n) is 9.68. The molecule has 0 N–H and O–H groups in total. The van der Waals surface area contributed by atoms with E-state index in [0.29, 0.717) is 16.9 Å². The molecule has 0 radical (unpaired) electrons. The molecular weight excluding hydrogens is 877 g/mol. The lowest BCUT2D eigenvalue weighted by molar-refractivity contribution is 0.483. The average molecular weight is 948 g/mol. The van der Waals surface area contributed by atoms with Crippen molar-refractivity contribution < 1.29 is 25.3 Å². The molecule has 72 heavy (non-hydrogen) atoms. The lowest BCUT2D eigenvalue weighted by atomic mass is 9.78. The molecule has 5 heteroatoms. The summed E-state index contributed by atoms with van der Waals surface area (Å²) < 4.78 is 144. The fourth-order valence-corrected chi connectivity index (χ4v) is 9.68. The van der Waals surface area contributed by atoms with Crippen molar-refractivity contribution in [3.8, 4) is 50.7 Å². The van der Waals surface area contributed by atoms with Crippen molar-refractivity contribution in [1.82, 2.24) is 9.55 Å². The number of hydrogen-bond donors (Lipinski definition) is 0. The average Bonchev–Trinajstić information content (AvgIpc) is 1.63. The predicted octanol–water partition coefficient (Wildman–Crippen LogP) is 17.8. The van der Waals surface area contributed by atoms with Gasteiger partial charge in [-0.25, -0.2) is 4.98 Å². The topological polar surface area (TPSA) is 33.5 Å². The predicted molar refractivity (Wildman–Crippen MR) is 301 cm³/mol. The number of para-hydroxylation sites is 3. The number of pyridine rings is 1. The van der Waals surface area contributed by atoms with Crippen LogP contribution in [0.2, 0.25) is 0 Å². The van der Waals surface area contributed by atoms with Gasteiger partial charge < -0.3 is 14.5 Å². The smallest absolute Gasteiger partial charge is 0.137 e. The van der Waals surface area contributed by atoms with Crippen LogP contribution < -0.4 is 14.5 Å². The molecule has 0 amide bonds. The molecular formula is C67H56N4O. The quantitative estimate of drug-likeness (QED) is 0.137. The van der Waals surface area contributed by atoms with Crippen LogP contribution in [0.25, 0.3) is 61.0 Å². The van der Waals surface area contributed by atoms with E-state index < -0.39 is 95.1 Å². The number of aromatic nitrogens is 2. The Kier molecular flexibility index (Phi) is 7.68. The maximum atomic E-state index is 9.83. The van der Waals surface area contributed by atoms with E-state index in [4.69, 9.17) is 20.7 Å². The molecule has 350 valence electrons. The van der Waals surface area contributed by atoms with Gasteiger partial charge in [0.2, 0.25) is 0 Å². The van der Waals surface area contributed by atoms with Gasteiger partial charge in [0, 0.05) is 51.3 Å². The van der Waals surface area contributed by atoms with Crippen molar-refractivity contribution in [2.24, 2.45) is 0 Å². The Hall–Kier alpha value is -8.67. The van der Waals surface area contributed by atoms with Crippen molar-refractivity contribution in [2.75, 3.05) is 16.5 Å². The molecule has 0 bridgehead atoms. The zero-order valence-electron chi connectivity index (χ0n) is 55.3. The standard InChI is InChI=1S/C67H56N4O/c1-66(2,3)51-27-17-24-49(40-51)57-31-19-30-56(47-22-11-7-12-23-47)65(57)70-45-69(61-32-15-16-33-62(61)70)53-28-18-29-54(43-53)72-55-35-36-58-59-41-48(46-20-9-6-10-21-46)34-37-60(59)71(63(58)44-55)64-42-52(38-39-68-64)67(4,5)50-25-13-8-14-26-50/h6-44H,45H2,1-5H3/i6D,7D,9D,10D,11D,12D,20D,21D,22D,23D,34D,35D,36D,37D,41D. The maximum Gasteiger partial charge on any atom is 0.137 e. The van der Waals surface area contributed by atoms with Crippen LogP contribution in [0.5, 0.6) is 11.5 Å². The number of nitrogens with zero attached hydrogens (tertiary/aromatic N) is 4. The molecule has 11 aromatic rings. The molecule has 0 saturated heterocycles. The summed E-state index contributed by atoms with van der Waals surface area (Å²) in [5.74, 6) is 0.434. The van der Waals surface area contributed by atoms with E-state index in [-0.39, 0.29) is 68.9 Å². The van der Waals surface area contributed by atoms with Gasteiger partial charge in [-0.05, 0) is 105 Å². The van der Waals surface area contributed by atoms with Gasteiger partial charge >= 0.3 is 0 Å². The van der Waals surface area contributed by atoms with E-state index in [1.165, 1.54) is 6.07 Å². The third kappa shape index (κ3) is 8.07. The second-order valence-corrected chi connectivity index (χ2v) is 19.3. The summed E-state index contributed by atoms with van der Waals surface area (Å²) in [5.41, 5.74) is 6.32. The molecule has 0 saturated carbocycles. The van der Waals surface area contributed by atoms with Gasteiger partial charge in [0.05, 0.1) is 48.7 Å². The summed E-state index contributed by atoms with van der Waals surface area (Å²) in [6.45, 7) is 10.7. The van der Waals surface area contributed by atoms with E-state index in [0.717, 1.165) is 39.2 Å². The maximum absolute atomic E-state index is 9.83. The summed E-state index contributed by atoms with van der Waals surface area (Å²) in [5, 5.41) is -0.0512. The highest BCUT2D eigenvalue weighted by Crippen LogP contribution is 2.51. The molecule has 1 aliphatic heterocycles. The van der Waals surface area contributed by atoms with Gasteiger partial charge in [-0.15, -0.1) is 0 Å².